The summed E-state index contributed by atoms with van der Waals surface area (Å²) in [6.45, 7) is 10.3. The van der Waals surface area contributed by atoms with E-state index in [1.165, 1.54) is 13.8 Å². The van der Waals surface area contributed by atoms with Crippen LogP contribution in [0.25, 0.3) is 0 Å². The average Bonchev–Trinajstić information content (AvgIpc) is 2.55. The lowest BCUT2D eigenvalue weighted by Gasteiger charge is -2.28. The van der Waals surface area contributed by atoms with Crippen molar-refractivity contribution in [1.82, 2.24) is 0 Å². The predicted molar refractivity (Wildman–Crippen MR) is 102 cm³/mol. The topological polar surface area (TPSA) is 71.1 Å². The van der Waals surface area contributed by atoms with Gasteiger partial charge in [-0.05, 0) is 64.3 Å². The summed E-state index contributed by atoms with van der Waals surface area (Å²) in [4.78, 5) is 23.1. The van der Waals surface area contributed by atoms with Crippen molar-refractivity contribution in [3.8, 4) is 5.75 Å². The summed E-state index contributed by atoms with van der Waals surface area (Å²) in [7, 11) is -2.70. The van der Waals surface area contributed by atoms with E-state index in [1.54, 1.807) is 18.2 Å². The number of Topliss-reactive ketones (excluding diaryl/α,β-unsaturated/α-hetero) is 1. The van der Waals surface area contributed by atoms with Crippen LogP contribution in [-0.2, 0) is 24.5 Å². The zero-order valence-corrected chi connectivity index (χ0v) is 17.4. The van der Waals surface area contributed by atoms with Crippen molar-refractivity contribution in [3.63, 3.8) is 0 Å². The fourth-order valence-electron chi connectivity index (χ4n) is 2.85. The Bertz CT molecular complexity index is 585. The molecule has 0 N–H and O–H groups in total. The molecule has 0 bridgehead atoms. The van der Waals surface area contributed by atoms with E-state index in [1.807, 2.05) is 20.8 Å². The molecule has 0 heterocycles. The van der Waals surface area contributed by atoms with Crippen molar-refractivity contribution in [2.45, 2.75) is 53.5 Å². The van der Waals surface area contributed by atoms with Crippen LogP contribution in [0.4, 0.5) is 0 Å². The van der Waals surface area contributed by atoms with Crippen LogP contribution in [-0.4, -0.2) is 40.4 Å². The number of esters is 1. The van der Waals surface area contributed by atoms with E-state index >= 15 is 0 Å². The Morgan fingerprint density at radius 3 is 2.00 bits per heavy atom. The third-order valence-corrected chi connectivity index (χ3v) is 6.89. The highest BCUT2D eigenvalue weighted by Gasteiger charge is 2.39. The number of aryl methyl sites for hydroxylation is 1. The van der Waals surface area contributed by atoms with Gasteiger partial charge in [0, 0.05) is 38.4 Å². The maximum atomic E-state index is 11.9. The van der Waals surface area contributed by atoms with E-state index in [2.05, 4.69) is 0 Å². The zero-order chi connectivity index (χ0) is 19.6. The molecule has 0 spiro atoms. The van der Waals surface area contributed by atoms with Crippen molar-refractivity contribution in [2.75, 3.05) is 19.8 Å². The Balaban J connectivity index is 2.91. The zero-order valence-electron chi connectivity index (χ0n) is 16.4. The first kappa shape index (κ1) is 22.5. The number of hydrogen-bond acceptors (Lipinski definition) is 6. The van der Waals surface area contributed by atoms with Crippen molar-refractivity contribution in [3.05, 3.63) is 29.3 Å². The van der Waals surface area contributed by atoms with Gasteiger partial charge in [-0.3, -0.25) is 9.59 Å². The molecule has 0 radical (unpaired) electrons. The van der Waals surface area contributed by atoms with E-state index in [0.29, 0.717) is 43.6 Å². The Hall–Kier alpha value is -1.54. The van der Waals surface area contributed by atoms with Crippen LogP contribution >= 0.6 is 0 Å². The molecule has 1 rings (SSSR count). The summed E-state index contributed by atoms with van der Waals surface area (Å²) >= 11 is 0. The highest BCUT2D eigenvalue weighted by molar-refractivity contribution is 6.60. The van der Waals surface area contributed by atoms with E-state index in [9.17, 15) is 9.59 Å². The molecule has 0 aliphatic rings. The van der Waals surface area contributed by atoms with Crippen LogP contribution in [0.15, 0.2) is 18.2 Å². The van der Waals surface area contributed by atoms with Crippen LogP contribution in [0.1, 0.15) is 57.0 Å². The Labute approximate surface area is 157 Å². The first-order valence-electron chi connectivity index (χ1n) is 9.11. The van der Waals surface area contributed by atoms with Crippen LogP contribution in [0.3, 0.4) is 0 Å². The van der Waals surface area contributed by atoms with Gasteiger partial charge in [-0.25, -0.2) is 0 Å². The molecule has 7 heteroatoms. The lowest BCUT2D eigenvalue weighted by Crippen LogP contribution is -2.46. The molecular formula is C19H30O6Si. The third-order valence-electron chi connectivity index (χ3n) is 3.74. The van der Waals surface area contributed by atoms with Gasteiger partial charge in [0.25, 0.3) is 0 Å². The van der Waals surface area contributed by atoms with Gasteiger partial charge in [-0.1, -0.05) is 0 Å². The Morgan fingerprint density at radius 2 is 1.54 bits per heavy atom. The molecule has 0 atom stereocenters. The summed E-state index contributed by atoms with van der Waals surface area (Å²) < 4.78 is 22.7. The minimum atomic E-state index is -2.70. The molecule has 0 unspecified atom stereocenters. The molecule has 26 heavy (non-hydrogen) atoms. The second kappa shape index (κ2) is 11.2. The molecule has 1 aromatic carbocycles. The molecule has 0 aromatic heterocycles. The van der Waals surface area contributed by atoms with Crippen LogP contribution in [0.2, 0.25) is 6.04 Å². The maximum absolute atomic E-state index is 11.9. The number of benzene rings is 1. The minimum Gasteiger partial charge on any atom is -0.427 e. The normalized spacial score (nSPS) is 11.4. The quantitative estimate of drug-likeness (QED) is 0.237. The predicted octanol–water partition coefficient (Wildman–Crippen LogP) is 3.80. The summed E-state index contributed by atoms with van der Waals surface area (Å²) in [5.74, 6) is 0.0414. The number of carbonyl (C=O) groups excluding carboxylic acids is 2. The van der Waals surface area contributed by atoms with Gasteiger partial charge >= 0.3 is 14.8 Å². The number of hydrogen-bond donors (Lipinski definition) is 0. The average molecular weight is 383 g/mol. The van der Waals surface area contributed by atoms with Crippen LogP contribution in [0.5, 0.6) is 5.75 Å². The molecule has 0 saturated carbocycles. The summed E-state index contributed by atoms with van der Waals surface area (Å²) in [6.07, 6.45) is 1.39. The van der Waals surface area contributed by atoms with Gasteiger partial charge in [0.15, 0.2) is 5.78 Å². The van der Waals surface area contributed by atoms with Gasteiger partial charge in [0.2, 0.25) is 0 Å². The fraction of sp³-hybridized carbons (Fsp3) is 0.579. The van der Waals surface area contributed by atoms with Crippen LogP contribution < -0.4 is 4.74 Å². The molecule has 0 fully saturated rings. The summed E-state index contributed by atoms with van der Waals surface area (Å²) in [6, 6.07) is 5.76. The number of ketones is 1. The van der Waals surface area contributed by atoms with Crippen molar-refractivity contribution < 1.29 is 27.6 Å². The van der Waals surface area contributed by atoms with Crippen molar-refractivity contribution in [2.24, 2.45) is 0 Å². The minimum absolute atomic E-state index is 0.0164. The highest BCUT2D eigenvalue weighted by Crippen LogP contribution is 2.24. The molecule has 6 nitrogen and oxygen atoms in total. The van der Waals surface area contributed by atoms with E-state index in [0.717, 1.165) is 12.0 Å². The van der Waals surface area contributed by atoms with Gasteiger partial charge in [-0.15, -0.1) is 0 Å². The fourth-order valence-corrected chi connectivity index (χ4v) is 5.46. The van der Waals surface area contributed by atoms with Gasteiger partial charge in [0.1, 0.15) is 5.75 Å². The molecule has 0 aliphatic carbocycles. The maximum Gasteiger partial charge on any atom is 0.500 e. The Morgan fingerprint density at radius 1 is 0.962 bits per heavy atom. The molecular weight excluding hydrogens is 352 g/mol. The van der Waals surface area contributed by atoms with Gasteiger partial charge in [-0.2, -0.15) is 0 Å². The van der Waals surface area contributed by atoms with E-state index in [-0.39, 0.29) is 11.8 Å². The highest BCUT2D eigenvalue weighted by atomic mass is 28.4. The molecule has 0 saturated heterocycles. The Kier molecular flexibility index (Phi) is 9.72. The number of ether oxygens (including phenoxy) is 1. The van der Waals surface area contributed by atoms with Crippen LogP contribution in [0, 0.1) is 0 Å². The second-order valence-electron chi connectivity index (χ2n) is 5.80. The van der Waals surface area contributed by atoms with Crippen molar-refractivity contribution >= 4 is 20.6 Å². The largest absolute Gasteiger partial charge is 0.500 e. The monoisotopic (exact) mass is 382 g/mol. The first-order chi connectivity index (χ1) is 12.4. The lowest BCUT2D eigenvalue weighted by atomic mass is 10.0. The summed E-state index contributed by atoms with van der Waals surface area (Å²) in [5, 5.41) is 0. The standard InChI is InChI=1S/C19H30O6Si/c1-6-22-26(23-7-2,24-8-3)13-9-10-17-14-18(25-16(5)21)11-12-19(17)15(4)20/h11-12,14H,6-10,13H2,1-5H3. The smallest absolute Gasteiger partial charge is 0.427 e. The molecule has 0 aliphatic heterocycles. The van der Waals surface area contributed by atoms with E-state index in [4.69, 9.17) is 18.0 Å². The summed E-state index contributed by atoms with van der Waals surface area (Å²) in [5.41, 5.74) is 1.49. The van der Waals surface area contributed by atoms with E-state index < -0.39 is 8.80 Å². The van der Waals surface area contributed by atoms with Gasteiger partial charge in [0.05, 0.1) is 0 Å². The number of carbonyl (C=O) groups is 2. The third kappa shape index (κ3) is 6.99. The first-order valence-corrected chi connectivity index (χ1v) is 11.0. The van der Waals surface area contributed by atoms with Gasteiger partial charge < -0.3 is 18.0 Å². The number of rotatable bonds is 12. The molecule has 1 aromatic rings. The molecule has 146 valence electrons. The second-order valence-corrected chi connectivity index (χ2v) is 8.54. The van der Waals surface area contributed by atoms with Crippen molar-refractivity contribution in [1.29, 1.82) is 0 Å². The molecule has 0 amide bonds. The lowest BCUT2D eigenvalue weighted by molar-refractivity contribution is -0.131. The SMILES string of the molecule is CCO[Si](CCCc1cc(OC(C)=O)ccc1C(C)=O)(OCC)OCC.